The van der Waals surface area contributed by atoms with Gasteiger partial charge >= 0.3 is 39.9 Å². The summed E-state index contributed by atoms with van der Waals surface area (Å²) in [5, 5.41) is 0. The number of hydrogen-bond donors (Lipinski definition) is 0. The van der Waals surface area contributed by atoms with Gasteiger partial charge in [0.25, 0.3) is 0 Å². The van der Waals surface area contributed by atoms with Crippen molar-refractivity contribution in [1.29, 1.82) is 0 Å². The average molecular weight is 320 g/mol. The van der Waals surface area contributed by atoms with E-state index in [1.807, 2.05) is 39.0 Å². The first-order valence-corrected chi connectivity index (χ1v) is 5.20. The number of esters is 1. The molecule has 0 aromatic heterocycles. The second-order valence-corrected chi connectivity index (χ2v) is 4.23. The minimum Gasteiger partial charge on any atom is 0 e. The number of allylic oxidation sites excluding steroid dienone is 3. The van der Waals surface area contributed by atoms with Crippen LogP contribution in [-0.2, 0) is 40.6 Å². The van der Waals surface area contributed by atoms with Gasteiger partial charge in [-0.1, -0.05) is 6.08 Å². The summed E-state index contributed by atoms with van der Waals surface area (Å²) in [7, 11) is 0. The number of carbonyl (C=O) groups excluding carboxylic acids is 1. The summed E-state index contributed by atoms with van der Waals surface area (Å²) < 4.78 is 27.7. The van der Waals surface area contributed by atoms with Gasteiger partial charge in [0.05, 0.1) is 5.41 Å². The van der Waals surface area contributed by atoms with Crippen molar-refractivity contribution in [2.75, 3.05) is 0 Å². The van der Waals surface area contributed by atoms with Crippen molar-refractivity contribution in [3.05, 3.63) is 43.9 Å². The molecule has 5 nitrogen and oxygen atoms in total. The van der Waals surface area contributed by atoms with E-state index in [-0.39, 0.29) is 23.0 Å². The predicted molar refractivity (Wildman–Crippen MR) is 63.8 cm³/mol. The van der Waals surface area contributed by atoms with Crippen LogP contribution in [0.2, 0.25) is 0 Å². The zero-order valence-electron chi connectivity index (χ0n) is 11.5. The topological polar surface area (TPSA) is 86.0 Å². The van der Waals surface area contributed by atoms with Crippen LogP contribution in [0.3, 0.4) is 0 Å². The fourth-order valence-electron chi connectivity index (χ4n) is 0.925. The Kier molecular flexibility index (Phi) is 24.0. The first-order chi connectivity index (χ1) is 9.00. The van der Waals surface area contributed by atoms with Crippen LogP contribution in [0.5, 0.6) is 0 Å². The summed E-state index contributed by atoms with van der Waals surface area (Å²) in [6, 6.07) is 0. The monoisotopic (exact) mass is 320 g/mol. The van der Waals surface area contributed by atoms with Crippen molar-refractivity contribution in [2.24, 2.45) is 5.41 Å². The summed E-state index contributed by atoms with van der Waals surface area (Å²) in [5.74, 6) is 0.511. The zero-order valence-corrected chi connectivity index (χ0v) is 12.6. The zero-order chi connectivity index (χ0) is 15.9. The molecule has 110 valence electrons. The van der Waals surface area contributed by atoms with Crippen LogP contribution in [0.15, 0.2) is 24.0 Å². The SMILES string of the molecule is CC(C)(C)C(=O)OC1=CCCC=C1.[C-]#[O+].[C-]#[O+].[C-]#[O+].[Fe]. The van der Waals surface area contributed by atoms with Gasteiger partial charge in [0, 0.05) is 17.1 Å². The second-order valence-electron chi connectivity index (χ2n) is 4.23. The van der Waals surface area contributed by atoms with Gasteiger partial charge < -0.3 is 4.74 Å². The van der Waals surface area contributed by atoms with Gasteiger partial charge in [-0.3, -0.25) is 4.79 Å². The molecule has 0 atom stereocenters. The molecule has 0 amide bonds. The molecule has 0 spiro atoms. The van der Waals surface area contributed by atoms with E-state index in [0.717, 1.165) is 12.8 Å². The van der Waals surface area contributed by atoms with Crippen LogP contribution in [0, 0.1) is 25.4 Å². The summed E-state index contributed by atoms with van der Waals surface area (Å²) in [4.78, 5) is 11.4. The first-order valence-electron chi connectivity index (χ1n) is 5.20. The Labute approximate surface area is 130 Å². The quantitative estimate of drug-likeness (QED) is 0.322. The summed E-state index contributed by atoms with van der Waals surface area (Å²) in [6.45, 7) is 19.0. The van der Waals surface area contributed by atoms with E-state index in [9.17, 15) is 4.79 Å². The standard InChI is InChI=1S/C11H16O2.3CO.Fe/c1-11(2,3)10(12)13-9-7-5-4-6-8-9;3*1-2;/h5,7-8H,4,6H2,1-3H3;;;;. The third kappa shape index (κ3) is 14.7. The third-order valence-corrected chi connectivity index (χ3v) is 1.78. The van der Waals surface area contributed by atoms with Crippen molar-refractivity contribution in [3.63, 3.8) is 0 Å². The molecule has 6 heteroatoms. The smallest absolute Gasteiger partial charge is 0 e. The fourth-order valence-corrected chi connectivity index (χ4v) is 0.925. The van der Waals surface area contributed by atoms with Crippen LogP contribution in [-0.4, -0.2) is 5.97 Å². The molecule has 0 bridgehead atoms. The molecule has 20 heavy (non-hydrogen) atoms. The van der Waals surface area contributed by atoms with E-state index >= 15 is 0 Å². The van der Waals surface area contributed by atoms with Gasteiger partial charge in [-0.25, -0.2) is 0 Å². The molecule has 0 unspecified atom stereocenters. The van der Waals surface area contributed by atoms with Gasteiger partial charge in [0.1, 0.15) is 5.76 Å². The molecular weight excluding hydrogens is 304 g/mol. The van der Waals surface area contributed by atoms with Gasteiger partial charge in [0.2, 0.25) is 0 Å². The Morgan fingerprint density at radius 1 is 1.10 bits per heavy atom. The second kappa shape index (κ2) is 17.7. The molecule has 1 rings (SSSR count). The van der Waals surface area contributed by atoms with Crippen molar-refractivity contribution in [3.8, 4) is 0 Å². The van der Waals surface area contributed by atoms with Crippen molar-refractivity contribution >= 4 is 5.97 Å². The molecule has 0 saturated heterocycles. The van der Waals surface area contributed by atoms with Gasteiger partial charge in [-0.2, -0.15) is 0 Å². The number of ether oxygens (including phenoxy) is 1. The number of carbonyl (C=O) groups is 1. The Bertz CT molecular complexity index is 355. The maximum absolute atomic E-state index is 11.4. The summed E-state index contributed by atoms with van der Waals surface area (Å²) >= 11 is 0. The predicted octanol–water partition coefficient (Wildman–Crippen LogP) is 2.69. The van der Waals surface area contributed by atoms with Crippen LogP contribution in [0.25, 0.3) is 0 Å². The average Bonchev–Trinajstić information content (AvgIpc) is 2.45. The molecule has 0 saturated carbocycles. The van der Waals surface area contributed by atoms with Crippen LogP contribution < -0.4 is 0 Å². The minimum absolute atomic E-state index is 0. The molecule has 0 fully saturated rings. The molecule has 1 aliphatic rings. The molecule has 0 heterocycles. The molecule has 1 aliphatic carbocycles. The van der Waals surface area contributed by atoms with Crippen LogP contribution >= 0.6 is 0 Å². The molecule has 0 aliphatic heterocycles. The Balaban J connectivity index is -0.000000162. The summed E-state index contributed by atoms with van der Waals surface area (Å²) in [6.07, 6.45) is 7.82. The number of rotatable bonds is 1. The fraction of sp³-hybridized carbons (Fsp3) is 0.429. The molecule has 0 N–H and O–H groups in total. The molecular formula is C14H16FeO5. The Morgan fingerprint density at radius 2 is 1.55 bits per heavy atom. The first kappa shape index (κ1) is 27.1. The number of hydrogen-bond acceptors (Lipinski definition) is 2. The Morgan fingerprint density at radius 3 is 1.85 bits per heavy atom. The maximum atomic E-state index is 11.4. The van der Waals surface area contributed by atoms with Gasteiger partial charge in [0.15, 0.2) is 0 Å². The van der Waals surface area contributed by atoms with E-state index in [4.69, 9.17) is 18.7 Å². The van der Waals surface area contributed by atoms with Crippen LogP contribution in [0.1, 0.15) is 33.6 Å². The van der Waals surface area contributed by atoms with Crippen LogP contribution in [0.4, 0.5) is 0 Å². The van der Waals surface area contributed by atoms with Gasteiger partial charge in [-0.05, 0) is 45.8 Å². The van der Waals surface area contributed by atoms with E-state index in [2.05, 4.69) is 20.0 Å². The van der Waals surface area contributed by atoms with Crippen molar-refractivity contribution in [2.45, 2.75) is 33.6 Å². The van der Waals surface area contributed by atoms with E-state index in [0.29, 0.717) is 5.76 Å². The Hall–Kier alpha value is -1.31. The normalized spacial score (nSPS) is 11.2. The minimum atomic E-state index is -0.424. The molecule has 0 radical (unpaired) electrons. The van der Waals surface area contributed by atoms with E-state index in [1.54, 1.807) is 0 Å². The van der Waals surface area contributed by atoms with E-state index in [1.165, 1.54) is 0 Å². The van der Waals surface area contributed by atoms with Crippen molar-refractivity contribution < 1.29 is 40.6 Å². The third-order valence-electron chi connectivity index (χ3n) is 1.78. The summed E-state index contributed by atoms with van der Waals surface area (Å²) in [5.41, 5.74) is -0.424. The van der Waals surface area contributed by atoms with Gasteiger partial charge in [-0.15, -0.1) is 0 Å². The molecule has 0 aromatic carbocycles. The largest absolute Gasteiger partial charge is 0 e. The maximum Gasteiger partial charge on any atom is 0 e. The van der Waals surface area contributed by atoms with Crippen molar-refractivity contribution in [1.82, 2.24) is 0 Å². The van der Waals surface area contributed by atoms with E-state index < -0.39 is 5.41 Å². The molecule has 0 aromatic rings.